The van der Waals surface area contributed by atoms with Gasteiger partial charge in [0.2, 0.25) is 0 Å². The van der Waals surface area contributed by atoms with Gasteiger partial charge in [-0.25, -0.2) is 0 Å². The first-order valence-corrected chi connectivity index (χ1v) is 8.97. The Kier molecular flexibility index (Phi) is 14.7. The minimum atomic E-state index is -0.461. The molecule has 0 heterocycles. The van der Waals surface area contributed by atoms with E-state index in [0.717, 1.165) is 0 Å². The van der Waals surface area contributed by atoms with E-state index >= 15 is 0 Å². The fraction of sp³-hybridized carbons (Fsp3) is 0.500. The fourth-order valence-corrected chi connectivity index (χ4v) is 0.161. The van der Waals surface area contributed by atoms with Gasteiger partial charge in [-0.1, -0.05) is 0 Å². The summed E-state index contributed by atoms with van der Waals surface area (Å²) in [5.74, 6) is -0.461. The molecule has 0 aliphatic rings. The summed E-state index contributed by atoms with van der Waals surface area (Å²) < 4.78 is 4.29. The SMILES string of the molecule is CCO[13C]([13CH2-])=O.[Zn+][Br]. The van der Waals surface area contributed by atoms with Crippen LogP contribution in [0.2, 0.25) is 0 Å². The van der Waals surface area contributed by atoms with Gasteiger partial charge in [-0.05, 0) is 6.92 Å². The molecule has 0 amide bonds. The second-order valence-corrected chi connectivity index (χ2v) is 0.805. The van der Waals surface area contributed by atoms with E-state index in [2.05, 4.69) is 25.3 Å². The number of rotatable bonds is 1. The van der Waals surface area contributed by atoms with Gasteiger partial charge < -0.3 is 4.74 Å². The van der Waals surface area contributed by atoms with Crippen molar-refractivity contribution in [3.8, 4) is 0 Å². The first-order valence-electron chi connectivity index (χ1n) is 2.02. The van der Waals surface area contributed by atoms with Crippen molar-refractivity contribution in [3.05, 3.63) is 6.92 Å². The van der Waals surface area contributed by atoms with Crippen molar-refractivity contribution in [2.45, 2.75) is 6.92 Å². The van der Waals surface area contributed by atoms with Crippen LogP contribution in [0.25, 0.3) is 0 Å². The number of halogens is 1. The third kappa shape index (κ3) is 16.1. The number of carbonyl (C=O) groups is 1. The van der Waals surface area contributed by atoms with Crippen LogP contribution in [0.5, 0.6) is 0 Å². The van der Waals surface area contributed by atoms with E-state index in [-0.39, 0.29) is 0 Å². The number of esters is 1. The maximum atomic E-state index is 9.71. The first-order chi connectivity index (χ1) is 3.77. The Hall–Kier alpha value is 0.443. The summed E-state index contributed by atoms with van der Waals surface area (Å²) in [5, 5.41) is 0. The van der Waals surface area contributed by atoms with Gasteiger partial charge >= 0.3 is 30.0 Å². The Bertz CT molecular complexity index is 58.0. The summed E-state index contributed by atoms with van der Waals surface area (Å²) in [7, 11) is 0. The second-order valence-electron chi connectivity index (χ2n) is 0.805. The van der Waals surface area contributed by atoms with E-state index in [1.165, 1.54) is 16.3 Å². The molecule has 0 aliphatic heterocycles. The summed E-state index contributed by atoms with van der Waals surface area (Å²) in [6.07, 6.45) is 0. The van der Waals surface area contributed by atoms with E-state index in [9.17, 15) is 4.79 Å². The average molecular weight is 234 g/mol. The maximum absolute atomic E-state index is 9.71. The van der Waals surface area contributed by atoms with Crippen molar-refractivity contribution >= 4 is 19.6 Å². The summed E-state index contributed by atoms with van der Waals surface area (Å²) in [6.45, 7) is 5.13. The van der Waals surface area contributed by atoms with Gasteiger partial charge in [-0.3, -0.25) is 11.7 Å². The van der Waals surface area contributed by atoms with E-state index in [0.29, 0.717) is 6.61 Å². The quantitative estimate of drug-likeness (QED) is 0.295. The van der Waals surface area contributed by atoms with Crippen LogP contribution in [0.15, 0.2) is 0 Å². The molecular weight excluding hydrogens is 227 g/mol. The van der Waals surface area contributed by atoms with Crippen molar-refractivity contribution in [2.24, 2.45) is 0 Å². The molecule has 4 heteroatoms. The van der Waals surface area contributed by atoms with Gasteiger partial charge in [0.05, 0.1) is 6.61 Å². The van der Waals surface area contributed by atoms with Gasteiger partial charge in [-0.2, -0.15) is 0 Å². The van der Waals surface area contributed by atoms with Crippen LogP contribution < -0.4 is 0 Å². The molecule has 0 N–H and O–H groups in total. The summed E-state index contributed by atoms with van der Waals surface area (Å²) in [6, 6.07) is 0. The molecule has 0 saturated heterocycles. The monoisotopic (exact) mass is 232 g/mol. The molecule has 0 unspecified atom stereocenters. The van der Waals surface area contributed by atoms with Crippen molar-refractivity contribution in [3.63, 3.8) is 0 Å². The van der Waals surface area contributed by atoms with Crippen LogP contribution in [0.1, 0.15) is 6.92 Å². The van der Waals surface area contributed by atoms with Crippen molar-refractivity contribution in [1.82, 2.24) is 0 Å². The fourth-order valence-electron chi connectivity index (χ4n) is 0.161. The molecule has 0 aromatic rings. The molecule has 0 radical (unpaired) electrons. The molecule has 0 aromatic carbocycles. The van der Waals surface area contributed by atoms with Crippen LogP contribution >= 0.6 is 13.6 Å². The third-order valence-electron chi connectivity index (χ3n) is 0.305. The van der Waals surface area contributed by atoms with E-state index in [4.69, 9.17) is 0 Å². The van der Waals surface area contributed by atoms with Crippen molar-refractivity contribution in [1.29, 1.82) is 0 Å². The van der Waals surface area contributed by atoms with Gasteiger partial charge in [0.25, 0.3) is 0 Å². The molecule has 0 spiro atoms. The standard InChI is InChI=1S/C4H7O2.BrH.Zn/c1-3-6-4(2)5;;/h2-3H2,1H3;1H;/q-1;;+2/p-1/i2+1,4+1;;. The van der Waals surface area contributed by atoms with Gasteiger partial charge in [0.1, 0.15) is 0 Å². The van der Waals surface area contributed by atoms with E-state index in [1.807, 2.05) is 0 Å². The molecule has 0 saturated carbocycles. The second kappa shape index (κ2) is 10.4. The predicted octanol–water partition coefficient (Wildman–Crippen LogP) is 1.23. The summed E-state index contributed by atoms with van der Waals surface area (Å²) >= 11 is 4.25. The number of hydrogen-bond acceptors (Lipinski definition) is 2. The zero-order valence-electron chi connectivity index (χ0n) is 4.82. The molecule has 44 valence electrons. The van der Waals surface area contributed by atoms with E-state index < -0.39 is 5.97 Å². The number of carbonyl (C=O) groups excluding carboxylic acids is 1. The first kappa shape index (κ1) is 11.3. The van der Waals surface area contributed by atoms with Crippen LogP contribution in [0.4, 0.5) is 0 Å². The Labute approximate surface area is 66.0 Å². The Balaban J connectivity index is 0. The van der Waals surface area contributed by atoms with E-state index in [1.54, 1.807) is 6.92 Å². The molecule has 8 heavy (non-hydrogen) atoms. The van der Waals surface area contributed by atoms with Crippen LogP contribution in [-0.4, -0.2) is 12.6 Å². The zero-order valence-corrected chi connectivity index (χ0v) is 9.37. The van der Waals surface area contributed by atoms with Gasteiger partial charge in [0, 0.05) is 0 Å². The van der Waals surface area contributed by atoms with Gasteiger partial charge in [-0.15, -0.1) is 0 Å². The summed E-state index contributed by atoms with van der Waals surface area (Å²) in [4.78, 5) is 9.71. The molecule has 0 rings (SSSR count). The van der Waals surface area contributed by atoms with Crippen molar-refractivity contribution in [2.75, 3.05) is 6.61 Å². The van der Waals surface area contributed by atoms with Crippen LogP contribution in [0, 0.1) is 6.92 Å². The molecule has 0 bridgehead atoms. The average Bonchev–Trinajstić information content (AvgIpc) is 1.72. The molecule has 2 nitrogen and oxygen atoms in total. The molecule has 0 aliphatic carbocycles. The minimum absolute atomic E-state index is 0.419. The zero-order chi connectivity index (χ0) is 6.99. The van der Waals surface area contributed by atoms with Crippen molar-refractivity contribution < 1.29 is 25.9 Å². The van der Waals surface area contributed by atoms with Crippen LogP contribution in [0.3, 0.4) is 0 Å². The third-order valence-corrected chi connectivity index (χ3v) is 0.305. The Morgan fingerprint density at radius 1 is 1.88 bits per heavy atom. The molecule has 0 aromatic heterocycles. The number of ether oxygens (including phenoxy) is 1. The molecule has 0 fully saturated rings. The van der Waals surface area contributed by atoms with Crippen LogP contribution in [-0.2, 0) is 25.9 Å². The normalized spacial score (nSPS) is 6.50. The molecular formula is C4H7BrO2Zn. The molecule has 0 atom stereocenters. The topological polar surface area (TPSA) is 26.3 Å². The Morgan fingerprint density at radius 3 is 2.25 bits per heavy atom. The summed E-state index contributed by atoms with van der Waals surface area (Å²) in [5.41, 5.74) is 0. The predicted molar refractivity (Wildman–Crippen MR) is 30.9 cm³/mol. The Morgan fingerprint density at radius 2 is 2.25 bits per heavy atom. The number of hydrogen-bond donors (Lipinski definition) is 0. The van der Waals surface area contributed by atoms with Gasteiger partial charge in [0.15, 0.2) is 5.97 Å².